The van der Waals surface area contributed by atoms with Crippen LogP contribution >= 0.6 is 0 Å². The molecule has 0 unspecified atom stereocenters. The number of amides is 2. The Morgan fingerprint density at radius 2 is 1.58 bits per heavy atom. The van der Waals surface area contributed by atoms with E-state index in [0.29, 0.717) is 22.7 Å². The molecule has 33 heavy (non-hydrogen) atoms. The average molecular weight is 444 g/mol. The number of ether oxygens (including phenoxy) is 2. The summed E-state index contributed by atoms with van der Waals surface area (Å²) in [6.45, 7) is 0.118. The Kier molecular flexibility index (Phi) is 5.06. The molecular formula is C26H24N2O5. The second-order valence-electron chi connectivity index (χ2n) is 8.18. The lowest BCUT2D eigenvalue weighted by Gasteiger charge is -2.54. The number of β-lactam (4-membered cyclic amide) rings is 1. The maximum atomic E-state index is 13.5. The van der Waals surface area contributed by atoms with Crippen LogP contribution in [0.4, 0.5) is 5.69 Å². The fraction of sp³-hybridized carbons (Fsp3) is 0.231. The van der Waals surface area contributed by atoms with Gasteiger partial charge in [0.15, 0.2) is 6.10 Å². The van der Waals surface area contributed by atoms with Crippen molar-refractivity contribution in [1.82, 2.24) is 4.90 Å². The molecule has 3 aromatic carbocycles. The van der Waals surface area contributed by atoms with Gasteiger partial charge in [0.05, 0.1) is 26.5 Å². The third-order valence-corrected chi connectivity index (χ3v) is 6.49. The van der Waals surface area contributed by atoms with Gasteiger partial charge >= 0.3 is 0 Å². The number of aliphatic hydroxyl groups excluding tert-OH is 1. The van der Waals surface area contributed by atoms with Crippen LogP contribution < -0.4 is 14.4 Å². The molecule has 2 heterocycles. The fourth-order valence-corrected chi connectivity index (χ4v) is 4.94. The number of nitrogens with zero attached hydrogens (tertiary/aromatic N) is 2. The molecule has 1 saturated heterocycles. The van der Waals surface area contributed by atoms with Gasteiger partial charge in [0.25, 0.3) is 5.91 Å². The zero-order chi connectivity index (χ0) is 23.2. The van der Waals surface area contributed by atoms with E-state index >= 15 is 0 Å². The van der Waals surface area contributed by atoms with Crippen molar-refractivity contribution in [2.45, 2.75) is 18.2 Å². The first-order chi connectivity index (χ1) is 16.0. The van der Waals surface area contributed by atoms with E-state index in [0.717, 1.165) is 11.1 Å². The highest BCUT2D eigenvalue weighted by molar-refractivity contribution is 6.04. The Bertz CT molecular complexity index is 1210. The molecular weight excluding hydrogens is 420 g/mol. The Morgan fingerprint density at radius 1 is 0.939 bits per heavy atom. The summed E-state index contributed by atoms with van der Waals surface area (Å²) in [7, 11) is 3.15. The average Bonchev–Trinajstić information content (AvgIpc) is 2.96. The van der Waals surface area contributed by atoms with Crippen LogP contribution in [0.2, 0.25) is 0 Å². The van der Waals surface area contributed by atoms with Crippen LogP contribution in [-0.4, -0.2) is 48.7 Å². The van der Waals surface area contributed by atoms with E-state index in [4.69, 9.17) is 9.47 Å². The molecule has 5 rings (SSSR count). The monoisotopic (exact) mass is 444 g/mol. The van der Waals surface area contributed by atoms with Gasteiger partial charge in [0.1, 0.15) is 23.6 Å². The highest BCUT2D eigenvalue weighted by Gasteiger charge is 2.64. The zero-order valence-electron chi connectivity index (χ0n) is 18.4. The summed E-state index contributed by atoms with van der Waals surface area (Å²) in [5.74, 6) is 0.555. The number of para-hydroxylation sites is 1. The molecule has 0 aliphatic carbocycles. The lowest BCUT2D eigenvalue weighted by atomic mass is 9.70. The summed E-state index contributed by atoms with van der Waals surface area (Å²) in [6, 6.07) is 22.3. The van der Waals surface area contributed by atoms with Gasteiger partial charge in [0, 0.05) is 11.6 Å². The summed E-state index contributed by atoms with van der Waals surface area (Å²) < 4.78 is 10.8. The smallest absolute Gasteiger partial charge is 0.256 e. The van der Waals surface area contributed by atoms with E-state index in [-0.39, 0.29) is 19.0 Å². The van der Waals surface area contributed by atoms with Gasteiger partial charge in [-0.25, -0.2) is 0 Å². The van der Waals surface area contributed by atoms with Gasteiger partial charge < -0.3 is 24.4 Å². The Balaban J connectivity index is 1.67. The molecule has 2 atom stereocenters. The first-order valence-electron chi connectivity index (χ1n) is 10.7. The van der Waals surface area contributed by atoms with Crippen molar-refractivity contribution in [3.8, 4) is 11.5 Å². The van der Waals surface area contributed by atoms with Crippen LogP contribution in [0.3, 0.4) is 0 Å². The van der Waals surface area contributed by atoms with Gasteiger partial charge in [-0.1, -0.05) is 48.5 Å². The summed E-state index contributed by atoms with van der Waals surface area (Å²) in [4.78, 5) is 29.4. The van der Waals surface area contributed by atoms with E-state index in [9.17, 15) is 14.7 Å². The standard InChI is InChI=1S/C26H24N2O5/c1-32-19-12-17(13-20(14-19)33-2)15-27-22-11-7-6-10-21(22)26(18-8-4-3-5-9-18)24(30)25(31)28(26)16-23(27)29/h3-14,24,30H,15-16H2,1-2H3/t24-,26+/m1/s1. The molecule has 1 fully saturated rings. The number of fused-ring (bicyclic) bond motifs is 3. The summed E-state index contributed by atoms with van der Waals surface area (Å²) in [5, 5.41) is 11.0. The number of carbonyl (C=O) groups excluding carboxylic acids is 2. The first kappa shape index (κ1) is 21.0. The van der Waals surface area contributed by atoms with Gasteiger partial charge in [-0.2, -0.15) is 0 Å². The lowest BCUT2D eigenvalue weighted by molar-refractivity contribution is -0.181. The van der Waals surface area contributed by atoms with E-state index in [1.54, 1.807) is 25.2 Å². The number of rotatable bonds is 5. The Labute approximate surface area is 191 Å². The van der Waals surface area contributed by atoms with Crippen molar-refractivity contribution in [1.29, 1.82) is 0 Å². The topological polar surface area (TPSA) is 79.3 Å². The number of methoxy groups -OCH3 is 2. The van der Waals surface area contributed by atoms with Crippen molar-refractivity contribution in [2.75, 3.05) is 25.7 Å². The fourth-order valence-electron chi connectivity index (χ4n) is 4.94. The summed E-state index contributed by atoms with van der Waals surface area (Å²) >= 11 is 0. The van der Waals surface area contributed by atoms with E-state index in [2.05, 4.69) is 0 Å². The van der Waals surface area contributed by atoms with Crippen molar-refractivity contribution in [3.63, 3.8) is 0 Å². The molecule has 1 N–H and O–H groups in total. The molecule has 168 valence electrons. The molecule has 0 bridgehead atoms. The van der Waals surface area contributed by atoms with Crippen LogP contribution in [0.5, 0.6) is 11.5 Å². The molecule has 0 spiro atoms. The molecule has 7 heteroatoms. The third-order valence-electron chi connectivity index (χ3n) is 6.49. The molecule has 3 aromatic rings. The second-order valence-corrected chi connectivity index (χ2v) is 8.18. The minimum absolute atomic E-state index is 0.138. The highest BCUT2D eigenvalue weighted by Crippen LogP contribution is 2.51. The minimum Gasteiger partial charge on any atom is -0.497 e. The minimum atomic E-state index is -1.27. The maximum absolute atomic E-state index is 13.5. The van der Waals surface area contributed by atoms with Gasteiger partial charge in [-0.3, -0.25) is 9.59 Å². The Morgan fingerprint density at radius 3 is 2.24 bits per heavy atom. The highest BCUT2D eigenvalue weighted by atomic mass is 16.5. The summed E-state index contributed by atoms with van der Waals surface area (Å²) in [5.41, 5.74) is 1.83. The molecule has 0 radical (unpaired) electrons. The molecule has 2 aliphatic heterocycles. The Hall–Kier alpha value is -3.84. The van der Waals surface area contributed by atoms with Gasteiger partial charge in [0.2, 0.25) is 5.91 Å². The number of aliphatic hydroxyl groups is 1. The van der Waals surface area contributed by atoms with Crippen LogP contribution in [0, 0.1) is 0 Å². The first-order valence-corrected chi connectivity index (χ1v) is 10.7. The van der Waals surface area contributed by atoms with Crippen LogP contribution in [-0.2, 0) is 21.7 Å². The maximum Gasteiger partial charge on any atom is 0.256 e. The van der Waals surface area contributed by atoms with Gasteiger partial charge in [-0.15, -0.1) is 0 Å². The number of carbonyl (C=O) groups is 2. The predicted molar refractivity (Wildman–Crippen MR) is 122 cm³/mol. The summed E-state index contributed by atoms with van der Waals surface area (Å²) in [6.07, 6.45) is -1.27. The normalized spacial score (nSPS) is 21.6. The second kappa shape index (κ2) is 7.94. The molecule has 0 aromatic heterocycles. The number of hydrogen-bond donors (Lipinski definition) is 1. The number of benzene rings is 3. The quantitative estimate of drug-likeness (QED) is 0.613. The van der Waals surface area contributed by atoms with Gasteiger partial charge in [-0.05, 0) is 29.3 Å². The van der Waals surface area contributed by atoms with Crippen molar-refractivity contribution >= 4 is 17.5 Å². The molecule has 2 aliphatic rings. The molecule has 7 nitrogen and oxygen atoms in total. The van der Waals surface area contributed by atoms with Crippen molar-refractivity contribution < 1.29 is 24.2 Å². The van der Waals surface area contributed by atoms with E-state index in [1.807, 2.05) is 66.7 Å². The predicted octanol–water partition coefficient (Wildman–Crippen LogP) is 2.70. The number of hydrogen-bond acceptors (Lipinski definition) is 5. The largest absolute Gasteiger partial charge is 0.497 e. The zero-order valence-corrected chi connectivity index (χ0v) is 18.4. The molecule has 0 saturated carbocycles. The van der Waals surface area contributed by atoms with E-state index in [1.165, 1.54) is 4.90 Å². The van der Waals surface area contributed by atoms with Crippen molar-refractivity contribution in [3.05, 3.63) is 89.5 Å². The van der Waals surface area contributed by atoms with Crippen LogP contribution in [0.25, 0.3) is 0 Å². The van der Waals surface area contributed by atoms with Crippen LogP contribution in [0.1, 0.15) is 16.7 Å². The SMILES string of the molecule is COc1cc(CN2C(=O)CN3C(=O)[C@@H](O)[C@]3(c3ccccc3)c3ccccc32)cc(OC)c1. The van der Waals surface area contributed by atoms with Crippen LogP contribution in [0.15, 0.2) is 72.8 Å². The molecule has 2 amide bonds. The van der Waals surface area contributed by atoms with E-state index < -0.39 is 17.6 Å². The lowest BCUT2D eigenvalue weighted by Crippen LogP contribution is -2.72. The third kappa shape index (κ3) is 3.08. The number of anilines is 1. The van der Waals surface area contributed by atoms with Crippen molar-refractivity contribution in [2.24, 2.45) is 0 Å².